The van der Waals surface area contributed by atoms with Gasteiger partial charge in [0.2, 0.25) is 0 Å². The normalized spacial score (nSPS) is 16.3. The van der Waals surface area contributed by atoms with Crippen molar-refractivity contribution in [3.63, 3.8) is 0 Å². The molecule has 3 heteroatoms. The van der Waals surface area contributed by atoms with E-state index >= 15 is 0 Å². The summed E-state index contributed by atoms with van der Waals surface area (Å²) in [4.78, 5) is 2.42. The minimum absolute atomic E-state index is 0.0123. The van der Waals surface area contributed by atoms with Crippen LogP contribution < -0.4 is 10.5 Å². The first-order valence-electron chi connectivity index (χ1n) is 7.27. The Kier molecular flexibility index (Phi) is 4.16. The van der Waals surface area contributed by atoms with Crippen molar-refractivity contribution >= 4 is 0 Å². The van der Waals surface area contributed by atoms with Gasteiger partial charge in [0.05, 0.1) is 6.61 Å². The van der Waals surface area contributed by atoms with E-state index in [1.807, 2.05) is 0 Å². The minimum Gasteiger partial charge on any atom is -0.493 e. The number of hydrogen-bond acceptors (Lipinski definition) is 3. The number of ether oxygens (including phenoxy) is 1. The average molecular weight is 262 g/mol. The summed E-state index contributed by atoms with van der Waals surface area (Å²) < 4.78 is 5.56. The zero-order chi connectivity index (χ0) is 14.0. The second kappa shape index (κ2) is 5.51. The first-order chi connectivity index (χ1) is 9.00. The number of hydrogen-bond donors (Lipinski definition) is 1. The highest BCUT2D eigenvalue weighted by atomic mass is 16.5. The largest absolute Gasteiger partial charge is 0.493 e. The van der Waals surface area contributed by atoms with Gasteiger partial charge in [-0.15, -0.1) is 0 Å². The zero-order valence-corrected chi connectivity index (χ0v) is 12.6. The minimum atomic E-state index is -0.0444. The van der Waals surface area contributed by atoms with Gasteiger partial charge in [-0.2, -0.15) is 0 Å². The van der Waals surface area contributed by atoms with Crippen molar-refractivity contribution in [2.75, 3.05) is 19.7 Å². The molecule has 1 atom stereocenters. The first kappa shape index (κ1) is 14.4. The van der Waals surface area contributed by atoms with E-state index in [1.54, 1.807) is 0 Å². The molecule has 19 heavy (non-hydrogen) atoms. The molecule has 2 N–H and O–H groups in total. The van der Waals surface area contributed by atoms with Gasteiger partial charge >= 0.3 is 0 Å². The van der Waals surface area contributed by atoms with Gasteiger partial charge in [-0.05, 0) is 44.1 Å². The molecular formula is C16H26N2O. The standard InChI is InChI=1S/C16H26N2O/c1-5-18(6-2)16(3,4)15(17)13-7-8-14-12(11-13)9-10-19-14/h7-8,11,15H,5-6,9-10,17H2,1-4H3. The van der Waals surface area contributed by atoms with Crippen LogP contribution in [-0.4, -0.2) is 30.1 Å². The van der Waals surface area contributed by atoms with Gasteiger partial charge in [-0.3, -0.25) is 4.90 Å². The third-order valence-electron chi connectivity index (χ3n) is 4.41. The van der Waals surface area contributed by atoms with E-state index in [1.165, 1.54) is 11.1 Å². The Morgan fingerprint density at radius 3 is 2.63 bits per heavy atom. The Hall–Kier alpha value is -1.06. The molecule has 1 aliphatic heterocycles. The van der Waals surface area contributed by atoms with E-state index in [-0.39, 0.29) is 11.6 Å². The van der Waals surface area contributed by atoms with Crippen LogP contribution in [0.4, 0.5) is 0 Å². The topological polar surface area (TPSA) is 38.5 Å². The smallest absolute Gasteiger partial charge is 0.122 e. The molecule has 1 aromatic rings. The Morgan fingerprint density at radius 1 is 1.32 bits per heavy atom. The molecule has 0 aromatic heterocycles. The van der Waals surface area contributed by atoms with Crippen molar-refractivity contribution in [1.82, 2.24) is 4.90 Å². The maximum atomic E-state index is 6.54. The van der Waals surface area contributed by atoms with Crippen molar-refractivity contribution in [3.8, 4) is 5.75 Å². The second-order valence-corrected chi connectivity index (χ2v) is 5.77. The van der Waals surface area contributed by atoms with E-state index in [2.05, 4.69) is 50.8 Å². The monoisotopic (exact) mass is 262 g/mol. The predicted octanol–water partition coefficient (Wildman–Crippen LogP) is 2.74. The van der Waals surface area contributed by atoms with E-state index in [9.17, 15) is 0 Å². The quantitative estimate of drug-likeness (QED) is 0.886. The van der Waals surface area contributed by atoms with Crippen molar-refractivity contribution < 1.29 is 4.74 Å². The lowest BCUT2D eigenvalue weighted by Gasteiger charge is -2.42. The molecule has 0 saturated carbocycles. The fourth-order valence-electron chi connectivity index (χ4n) is 3.04. The van der Waals surface area contributed by atoms with Crippen molar-refractivity contribution in [2.24, 2.45) is 5.73 Å². The van der Waals surface area contributed by atoms with Crippen LogP contribution in [-0.2, 0) is 6.42 Å². The van der Waals surface area contributed by atoms with Gasteiger partial charge in [-0.25, -0.2) is 0 Å². The Bertz CT molecular complexity index is 438. The SMILES string of the molecule is CCN(CC)C(C)(C)C(N)c1ccc2c(c1)CCO2. The number of nitrogens with zero attached hydrogens (tertiary/aromatic N) is 1. The highest BCUT2D eigenvalue weighted by Crippen LogP contribution is 2.33. The van der Waals surface area contributed by atoms with Crippen molar-refractivity contribution in [1.29, 1.82) is 0 Å². The van der Waals surface area contributed by atoms with Crippen molar-refractivity contribution in [3.05, 3.63) is 29.3 Å². The molecule has 0 spiro atoms. The summed E-state index contributed by atoms with van der Waals surface area (Å²) in [5.41, 5.74) is 9.00. The highest BCUT2D eigenvalue weighted by Gasteiger charge is 2.33. The Morgan fingerprint density at radius 2 is 2.00 bits per heavy atom. The summed E-state index contributed by atoms with van der Waals surface area (Å²) in [6.45, 7) is 11.7. The van der Waals surface area contributed by atoms with Gasteiger partial charge in [0.15, 0.2) is 0 Å². The van der Waals surface area contributed by atoms with Gasteiger partial charge in [-0.1, -0.05) is 26.0 Å². The molecule has 1 aliphatic rings. The lowest BCUT2D eigenvalue weighted by atomic mass is 9.86. The fraction of sp³-hybridized carbons (Fsp3) is 0.625. The molecule has 0 fully saturated rings. The molecule has 1 heterocycles. The van der Waals surface area contributed by atoms with Crippen LogP contribution in [0.3, 0.4) is 0 Å². The van der Waals surface area contributed by atoms with E-state index in [0.717, 1.165) is 31.9 Å². The van der Waals surface area contributed by atoms with Gasteiger partial charge in [0.1, 0.15) is 5.75 Å². The van der Waals surface area contributed by atoms with Crippen LogP contribution in [0.5, 0.6) is 5.75 Å². The molecule has 0 bridgehead atoms. The lowest BCUT2D eigenvalue weighted by Crippen LogP contribution is -2.51. The molecule has 1 aromatic carbocycles. The van der Waals surface area contributed by atoms with Crippen LogP contribution >= 0.6 is 0 Å². The predicted molar refractivity (Wildman–Crippen MR) is 79.6 cm³/mol. The fourth-order valence-corrected chi connectivity index (χ4v) is 3.04. The van der Waals surface area contributed by atoms with E-state index in [0.29, 0.717) is 0 Å². The van der Waals surface area contributed by atoms with E-state index < -0.39 is 0 Å². The first-order valence-corrected chi connectivity index (χ1v) is 7.27. The van der Waals surface area contributed by atoms with E-state index in [4.69, 9.17) is 10.5 Å². The number of fused-ring (bicyclic) bond motifs is 1. The Balaban J connectivity index is 2.25. The molecular weight excluding hydrogens is 236 g/mol. The number of likely N-dealkylation sites (N-methyl/N-ethyl adjacent to an activating group) is 1. The number of benzene rings is 1. The molecule has 1 unspecified atom stereocenters. The molecule has 0 radical (unpaired) electrons. The van der Waals surface area contributed by atoms with Crippen LogP contribution in [0.2, 0.25) is 0 Å². The van der Waals surface area contributed by atoms with Gasteiger partial charge in [0.25, 0.3) is 0 Å². The molecule has 0 saturated heterocycles. The van der Waals surface area contributed by atoms with Gasteiger partial charge in [0, 0.05) is 18.0 Å². The summed E-state index contributed by atoms with van der Waals surface area (Å²) >= 11 is 0. The molecule has 2 rings (SSSR count). The summed E-state index contributed by atoms with van der Waals surface area (Å²) in [6.07, 6.45) is 1.00. The van der Waals surface area contributed by atoms with Crippen LogP contribution in [0.1, 0.15) is 44.9 Å². The van der Waals surface area contributed by atoms with Gasteiger partial charge < -0.3 is 10.5 Å². The number of rotatable bonds is 5. The second-order valence-electron chi connectivity index (χ2n) is 5.77. The average Bonchev–Trinajstić information content (AvgIpc) is 2.86. The summed E-state index contributed by atoms with van der Waals surface area (Å²) in [5, 5.41) is 0. The number of nitrogens with two attached hydrogens (primary N) is 1. The lowest BCUT2D eigenvalue weighted by molar-refractivity contribution is 0.107. The third kappa shape index (κ3) is 2.63. The van der Waals surface area contributed by atoms with Crippen molar-refractivity contribution in [2.45, 2.75) is 45.7 Å². The Labute approximate surface area is 116 Å². The van der Waals surface area contributed by atoms with Crippen LogP contribution in [0, 0.1) is 0 Å². The molecule has 3 nitrogen and oxygen atoms in total. The zero-order valence-electron chi connectivity index (χ0n) is 12.6. The highest BCUT2D eigenvalue weighted by molar-refractivity contribution is 5.41. The molecule has 0 amide bonds. The summed E-state index contributed by atoms with van der Waals surface area (Å²) in [6, 6.07) is 6.41. The van der Waals surface area contributed by atoms with Crippen LogP contribution in [0.15, 0.2) is 18.2 Å². The molecule has 0 aliphatic carbocycles. The maximum absolute atomic E-state index is 6.54. The van der Waals surface area contributed by atoms with Crippen LogP contribution in [0.25, 0.3) is 0 Å². The maximum Gasteiger partial charge on any atom is 0.122 e. The summed E-state index contributed by atoms with van der Waals surface area (Å²) in [5.74, 6) is 1.02. The third-order valence-corrected chi connectivity index (χ3v) is 4.41. The molecule has 106 valence electrons. The summed E-state index contributed by atoms with van der Waals surface area (Å²) in [7, 11) is 0.